The fraction of sp³-hybridized carbons (Fsp3) is 0.667. The van der Waals surface area contributed by atoms with Crippen molar-refractivity contribution in [1.82, 2.24) is 4.90 Å². The van der Waals surface area contributed by atoms with E-state index in [-0.39, 0.29) is 0 Å². The summed E-state index contributed by atoms with van der Waals surface area (Å²) in [4.78, 5) is 2.60. The molecule has 0 atom stereocenters. The van der Waals surface area contributed by atoms with Gasteiger partial charge in [-0.15, -0.1) is 0 Å². The molecule has 0 aliphatic carbocycles. The monoisotopic (exact) mass is 289 g/mol. The SMILES string of the molecule is c1cc(OCCCCN2CCCCC2)c2c(c1)OCCC2. The van der Waals surface area contributed by atoms with Gasteiger partial charge >= 0.3 is 0 Å². The molecule has 0 unspecified atom stereocenters. The van der Waals surface area contributed by atoms with E-state index in [1.54, 1.807) is 0 Å². The predicted molar refractivity (Wildman–Crippen MR) is 85.3 cm³/mol. The molecule has 0 bridgehead atoms. The second-order valence-corrected chi connectivity index (χ2v) is 6.14. The Balaban J connectivity index is 1.39. The Morgan fingerprint density at radius 2 is 1.95 bits per heavy atom. The van der Waals surface area contributed by atoms with Crippen molar-refractivity contribution in [2.45, 2.75) is 44.9 Å². The van der Waals surface area contributed by atoms with Gasteiger partial charge in [0.05, 0.1) is 13.2 Å². The summed E-state index contributed by atoms with van der Waals surface area (Å²) >= 11 is 0. The number of likely N-dealkylation sites (tertiary alicyclic amines) is 1. The number of ether oxygens (including phenoxy) is 2. The topological polar surface area (TPSA) is 21.7 Å². The molecule has 1 aromatic carbocycles. The molecule has 0 aromatic heterocycles. The smallest absolute Gasteiger partial charge is 0.126 e. The van der Waals surface area contributed by atoms with Crippen LogP contribution in [0.25, 0.3) is 0 Å². The molecule has 0 spiro atoms. The number of hydrogen-bond donors (Lipinski definition) is 0. The third-order valence-electron chi connectivity index (χ3n) is 4.49. The average Bonchev–Trinajstić information content (AvgIpc) is 2.56. The number of rotatable bonds is 6. The highest BCUT2D eigenvalue weighted by Gasteiger charge is 2.15. The first kappa shape index (κ1) is 14.7. The largest absolute Gasteiger partial charge is 0.493 e. The molecule has 1 aromatic rings. The summed E-state index contributed by atoms with van der Waals surface area (Å²) in [6.45, 7) is 5.49. The van der Waals surface area contributed by atoms with Crippen LogP contribution in [-0.2, 0) is 6.42 Å². The van der Waals surface area contributed by atoms with Crippen LogP contribution >= 0.6 is 0 Å². The van der Waals surface area contributed by atoms with Crippen LogP contribution in [0, 0.1) is 0 Å². The van der Waals surface area contributed by atoms with Crippen LogP contribution < -0.4 is 9.47 Å². The van der Waals surface area contributed by atoms with Gasteiger partial charge in [-0.05, 0) is 70.3 Å². The first-order chi connectivity index (χ1) is 10.4. The Hall–Kier alpha value is -1.22. The van der Waals surface area contributed by atoms with Crippen LogP contribution in [0.15, 0.2) is 18.2 Å². The van der Waals surface area contributed by atoms with Crippen molar-refractivity contribution >= 4 is 0 Å². The second-order valence-electron chi connectivity index (χ2n) is 6.14. The molecule has 0 N–H and O–H groups in total. The minimum Gasteiger partial charge on any atom is -0.493 e. The van der Waals surface area contributed by atoms with Crippen molar-refractivity contribution in [3.05, 3.63) is 23.8 Å². The van der Waals surface area contributed by atoms with Gasteiger partial charge in [-0.25, -0.2) is 0 Å². The zero-order valence-corrected chi connectivity index (χ0v) is 13.0. The average molecular weight is 289 g/mol. The molecular formula is C18H27NO2. The van der Waals surface area contributed by atoms with E-state index in [0.29, 0.717) is 0 Å². The van der Waals surface area contributed by atoms with Gasteiger partial charge in [0.25, 0.3) is 0 Å². The van der Waals surface area contributed by atoms with Crippen LogP contribution in [-0.4, -0.2) is 37.7 Å². The summed E-state index contributed by atoms with van der Waals surface area (Å²) in [5, 5.41) is 0. The molecule has 21 heavy (non-hydrogen) atoms. The highest BCUT2D eigenvalue weighted by Crippen LogP contribution is 2.32. The molecule has 1 saturated heterocycles. The minimum absolute atomic E-state index is 0.824. The number of fused-ring (bicyclic) bond motifs is 1. The Kier molecular flexibility index (Phi) is 5.39. The van der Waals surface area contributed by atoms with E-state index in [0.717, 1.165) is 44.0 Å². The van der Waals surface area contributed by atoms with Gasteiger partial charge in [0.1, 0.15) is 11.5 Å². The van der Waals surface area contributed by atoms with E-state index >= 15 is 0 Å². The zero-order valence-electron chi connectivity index (χ0n) is 13.0. The van der Waals surface area contributed by atoms with Gasteiger partial charge in [-0.2, -0.15) is 0 Å². The molecule has 2 aliphatic heterocycles. The van der Waals surface area contributed by atoms with Crippen molar-refractivity contribution in [2.75, 3.05) is 32.8 Å². The van der Waals surface area contributed by atoms with Gasteiger partial charge in [-0.3, -0.25) is 0 Å². The number of nitrogens with zero attached hydrogens (tertiary/aromatic N) is 1. The number of piperidine rings is 1. The van der Waals surface area contributed by atoms with E-state index in [1.165, 1.54) is 50.9 Å². The molecule has 3 rings (SSSR count). The maximum Gasteiger partial charge on any atom is 0.126 e. The Morgan fingerprint density at radius 3 is 2.86 bits per heavy atom. The van der Waals surface area contributed by atoms with Crippen molar-refractivity contribution in [3.63, 3.8) is 0 Å². The highest BCUT2D eigenvalue weighted by molar-refractivity contribution is 5.45. The molecule has 3 nitrogen and oxygen atoms in total. The normalized spacial score (nSPS) is 18.9. The van der Waals surface area contributed by atoms with Gasteiger partial charge in [0.15, 0.2) is 0 Å². The molecule has 116 valence electrons. The summed E-state index contributed by atoms with van der Waals surface area (Å²) in [5.41, 5.74) is 1.26. The highest BCUT2D eigenvalue weighted by atomic mass is 16.5. The Labute approximate surface area is 128 Å². The third kappa shape index (κ3) is 4.13. The number of hydrogen-bond acceptors (Lipinski definition) is 3. The summed E-state index contributed by atoms with van der Waals surface area (Å²) in [7, 11) is 0. The molecule has 1 fully saturated rings. The minimum atomic E-state index is 0.824. The van der Waals surface area contributed by atoms with E-state index in [9.17, 15) is 0 Å². The van der Waals surface area contributed by atoms with Crippen molar-refractivity contribution < 1.29 is 9.47 Å². The first-order valence-electron chi connectivity index (χ1n) is 8.53. The third-order valence-corrected chi connectivity index (χ3v) is 4.49. The lowest BCUT2D eigenvalue weighted by atomic mass is 10.1. The summed E-state index contributed by atoms with van der Waals surface area (Å²) in [5.74, 6) is 2.05. The van der Waals surface area contributed by atoms with E-state index in [4.69, 9.17) is 9.47 Å². The van der Waals surface area contributed by atoms with Crippen molar-refractivity contribution in [2.24, 2.45) is 0 Å². The van der Waals surface area contributed by atoms with Crippen LogP contribution in [0.4, 0.5) is 0 Å². The Bertz CT molecular complexity index is 441. The molecule has 2 aliphatic rings. The van der Waals surface area contributed by atoms with Crippen LogP contribution in [0.3, 0.4) is 0 Å². The Morgan fingerprint density at radius 1 is 1.05 bits per heavy atom. The summed E-state index contributed by atoms with van der Waals surface area (Å²) in [6, 6.07) is 6.17. The van der Waals surface area contributed by atoms with E-state index in [2.05, 4.69) is 17.0 Å². The van der Waals surface area contributed by atoms with Gasteiger partial charge in [0.2, 0.25) is 0 Å². The van der Waals surface area contributed by atoms with Crippen molar-refractivity contribution in [3.8, 4) is 11.5 Å². The standard InChI is InChI=1S/C18H27NO2/c1-2-11-19(12-3-1)13-4-5-14-20-17-9-6-10-18-16(17)8-7-15-21-18/h6,9-10H,1-5,7-8,11-15H2. The molecule has 3 heteroatoms. The molecule has 0 radical (unpaired) electrons. The van der Waals surface area contributed by atoms with Gasteiger partial charge < -0.3 is 14.4 Å². The summed E-state index contributed by atoms with van der Waals surface area (Å²) < 4.78 is 11.7. The molecular weight excluding hydrogens is 262 g/mol. The number of unbranched alkanes of at least 4 members (excludes halogenated alkanes) is 1. The maximum absolute atomic E-state index is 6.00. The molecule has 0 amide bonds. The second kappa shape index (κ2) is 7.69. The summed E-state index contributed by atoms with van der Waals surface area (Å²) in [6.07, 6.45) is 8.74. The fourth-order valence-corrected chi connectivity index (χ4v) is 3.30. The van der Waals surface area contributed by atoms with Gasteiger partial charge in [0, 0.05) is 5.56 Å². The number of benzene rings is 1. The zero-order chi connectivity index (χ0) is 14.3. The fourth-order valence-electron chi connectivity index (χ4n) is 3.30. The van der Waals surface area contributed by atoms with E-state index < -0.39 is 0 Å². The lowest BCUT2D eigenvalue weighted by Crippen LogP contribution is -2.30. The van der Waals surface area contributed by atoms with Crippen LogP contribution in [0.1, 0.15) is 44.1 Å². The van der Waals surface area contributed by atoms with Gasteiger partial charge in [-0.1, -0.05) is 12.5 Å². The van der Waals surface area contributed by atoms with Crippen molar-refractivity contribution in [1.29, 1.82) is 0 Å². The lowest BCUT2D eigenvalue weighted by Gasteiger charge is -2.26. The van der Waals surface area contributed by atoms with Crippen LogP contribution in [0.2, 0.25) is 0 Å². The molecule has 2 heterocycles. The lowest BCUT2D eigenvalue weighted by molar-refractivity contribution is 0.215. The van der Waals surface area contributed by atoms with Crippen LogP contribution in [0.5, 0.6) is 11.5 Å². The van der Waals surface area contributed by atoms with E-state index in [1.807, 2.05) is 6.07 Å². The predicted octanol–water partition coefficient (Wildman–Crippen LogP) is 3.66. The quantitative estimate of drug-likeness (QED) is 0.746. The molecule has 0 saturated carbocycles. The maximum atomic E-state index is 6.00. The first-order valence-corrected chi connectivity index (χ1v) is 8.53.